The molecule has 2 heteroatoms. The molecular weight excluding hydrogens is 196 g/mol. The van der Waals surface area contributed by atoms with Gasteiger partial charge in [-0.15, -0.1) is 0 Å². The van der Waals surface area contributed by atoms with Crippen LogP contribution in [-0.2, 0) is 0 Å². The summed E-state index contributed by atoms with van der Waals surface area (Å²) in [5, 5.41) is 3.76. The van der Waals surface area contributed by atoms with Gasteiger partial charge in [-0.3, -0.25) is 0 Å². The van der Waals surface area contributed by atoms with Gasteiger partial charge in [0.25, 0.3) is 0 Å². The fourth-order valence-corrected chi connectivity index (χ4v) is 2.90. The highest BCUT2D eigenvalue weighted by atomic mass is 15.2. The minimum absolute atomic E-state index is 0.197. The number of nitrogens with zero attached hydrogens (tertiary/aromatic N) is 1. The van der Waals surface area contributed by atoms with E-state index in [0.717, 1.165) is 0 Å². The molecule has 1 fully saturated rings. The molecule has 0 amide bonds. The highest BCUT2D eigenvalue weighted by Crippen LogP contribution is 2.36. The molecule has 0 radical (unpaired) electrons. The first-order chi connectivity index (χ1) is 7.37. The van der Waals surface area contributed by atoms with Crippen LogP contribution in [0.15, 0.2) is 0 Å². The monoisotopic (exact) mass is 220 g/mol. The summed E-state index contributed by atoms with van der Waals surface area (Å²) in [6, 6.07) is 1.22. The van der Waals surface area contributed by atoms with Crippen molar-refractivity contribution in [2.75, 3.05) is 14.1 Å². The molecule has 0 aromatic rings. The van der Waals surface area contributed by atoms with E-state index in [4.69, 9.17) is 0 Å². The summed E-state index contributed by atoms with van der Waals surface area (Å²) in [4.78, 5) is 2.36. The second-order valence-electron chi connectivity index (χ2n) is 6.50. The maximum Gasteiger partial charge on any atom is 0.0356 e. The fourth-order valence-electron chi connectivity index (χ4n) is 2.90. The van der Waals surface area contributed by atoms with Crippen molar-refractivity contribution in [2.45, 2.75) is 51.2 Å². The number of rotatable bonds is 2. The van der Waals surface area contributed by atoms with E-state index in [1.54, 1.807) is 0 Å². The van der Waals surface area contributed by atoms with Crippen LogP contribution in [0.2, 0.25) is 0 Å². The van der Waals surface area contributed by atoms with Crippen LogP contribution in [0.25, 0.3) is 0 Å². The molecule has 4 atom stereocenters. The van der Waals surface area contributed by atoms with Crippen LogP contribution in [-0.4, -0.2) is 36.6 Å². The standard InChI is InChI=1S/C14H24N2/c1-14(2,3)15-12-8-10-6-7-11(10)9-13(12)16(4)5/h10-13,15H,8-9H2,1-5H3/t10-,11+,12-,13-/m1/s1. The fraction of sp³-hybridized carbons (Fsp3) is 0.857. The summed E-state index contributed by atoms with van der Waals surface area (Å²) in [5.41, 5.74) is 0.197. The van der Waals surface area contributed by atoms with Gasteiger partial charge >= 0.3 is 0 Å². The van der Waals surface area contributed by atoms with Crippen molar-refractivity contribution in [1.29, 1.82) is 0 Å². The Morgan fingerprint density at radius 2 is 1.62 bits per heavy atom. The zero-order valence-electron chi connectivity index (χ0n) is 11.2. The first-order valence-corrected chi connectivity index (χ1v) is 6.32. The number of hydrogen-bond acceptors (Lipinski definition) is 2. The summed E-state index contributed by atoms with van der Waals surface area (Å²) in [6.07, 6.45) is 2.45. The Hall–Kier alpha value is -0.520. The third-order valence-electron chi connectivity index (χ3n) is 3.69. The Labute approximate surface area is 99.8 Å². The van der Waals surface area contributed by atoms with Crippen LogP contribution in [0, 0.1) is 23.7 Å². The van der Waals surface area contributed by atoms with Crippen molar-refractivity contribution in [3.8, 4) is 11.8 Å². The molecule has 1 saturated carbocycles. The van der Waals surface area contributed by atoms with Crippen LogP contribution < -0.4 is 5.32 Å². The minimum Gasteiger partial charge on any atom is -0.308 e. The molecule has 1 N–H and O–H groups in total. The van der Waals surface area contributed by atoms with E-state index in [9.17, 15) is 0 Å². The second kappa shape index (κ2) is 4.05. The summed E-state index contributed by atoms with van der Waals surface area (Å²) in [7, 11) is 4.38. The first kappa shape index (κ1) is 12.0. The number of likely N-dealkylation sites (N-methyl/N-ethyl adjacent to an activating group) is 1. The lowest BCUT2D eigenvalue weighted by Gasteiger charge is -2.46. The quantitative estimate of drug-likeness (QED) is 0.713. The average molecular weight is 220 g/mol. The van der Waals surface area contributed by atoms with Gasteiger partial charge in [-0.05, 0) is 47.7 Å². The van der Waals surface area contributed by atoms with Gasteiger partial charge in [-0.2, -0.15) is 0 Å². The van der Waals surface area contributed by atoms with Gasteiger partial charge in [-0.25, -0.2) is 0 Å². The summed E-state index contributed by atoms with van der Waals surface area (Å²) >= 11 is 0. The van der Waals surface area contributed by atoms with Gasteiger partial charge in [0.2, 0.25) is 0 Å². The van der Waals surface area contributed by atoms with Gasteiger partial charge in [0.15, 0.2) is 0 Å². The molecular formula is C14H24N2. The van der Waals surface area contributed by atoms with Crippen molar-refractivity contribution in [2.24, 2.45) is 11.8 Å². The summed E-state index contributed by atoms with van der Waals surface area (Å²) in [5.74, 6) is 7.96. The number of nitrogens with one attached hydrogen (secondary N) is 1. The smallest absolute Gasteiger partial charge is 0.0356 e. The van der Waals surface area contributed by atoms with E-state index in [1.165, 1.54) is 12.8 Å². The van der Waals surface area contributed by atoms with E-state index in [2.05, 4.69) is 56.9 Å². The van der Waals surface area contributed by atoms with Crippen molar-refractivity contribution in [1.82, 2.24) is 10.2 Å². The lowest BCUT2D eigenvalue weighted by Crippen LogP contribution is -2.58. The molecule has 0 aromatic heterocycles. The molecule has 2 rings (SSSR count). The Morgan fingerprint density at radius 3 is 2.06 bits per heavy atom. The van der Waals surface area contributed by atoms with E-state index in [-0.39, 0.29) is 5.54 Å². The summed E-state index contributed by atoms with van der Waals surface area (Å²) < 4.78 is 0. The van der Waals surface area contributed by atoms with Gasteiger partial charge in [0.05, 0.1) is 0 Å². The van der Waals surface area contributed by atoms with E-state index in [0.29, 0.717) is 23.9 Å². The molecule has 2 aliphatic carbocycles. The second-order valence-corrected chi connectivity index (χ2v) is 6.50. The molecule has 2 nitrogen and oxygen atoms in total. The minimum atomic E-state index is 0.197. The van der Waals surface area contributed by atoms with Gasteiger partial charge in [-0.1, -0.05) is 11.8 Å². The molecule has 90 valence electrons. The van der Waals surface area contributed by atoms with Crippen molar-refractivity contribution < 1.29 is 0 Å². The third-order valence-corrected chi connectivity index (χ3v) is 3.69. The van der Waals surface area contributed by atoms with Gasteiger partial charge < -0.3 is 10.2 Å². The topological polar surface area (TPSA) is 15.3 Å². The van der Waals surface area contributed by atoms with E-state index < -0.39 is 0 Å². The maximum atomic E-state index is 3.76. The van der Waals surface area contributed by atoms with Crippen molar-refractivity contribution in [3.63, 3.8) is 0 Å². The van der Waals surface area contributed by atoms with Crippen LogP contribution in [0.3, 0.4) is 0 Å². The summed E-state index contributed by atoms with van der Waals surface area (Å²) in [6.45, 7) is 6.74. The van der Waals surface area contributed by atoms with Gasteiger partial charge in [0.1, 0.15) is 0 Å². The zero-order valence-corrected chi connectivity index (χ0v) is 11.2. The Kier molecular flexibility index (Phi) is 3.03. The third kappa shape index (κ3) is 2.42. The predicted octanol–water partition coefficient (Wildman–Crippen LogP) is 1.72. The normalized spacial score (nSPS) is 37.4. The van der Waals surface area contributed by atoms with Crippen LogP contribution >= 0.6 is 0 Å². The first-order valence-electron chi connectivity index (χ1n) is 6.32. The molecule has 0 unspecified atom stereocenters. The molecule has 0 spiro atoms. The molecule has 0 aliphatic heterocycles. The number of hydrogen-bond donors (Lipinski definition) is 1. The SMILES string of the molecule is CN(C)[C@@H]1C[C@@H]2C#C[C@@H]2C[C@H]1NC(C)(C)C. The molecule has 0 heterocycles. The highest BCUT2D eigenvalue weighted by Gasteiger charge is 2.40. The molecule has 0 bridgehead atoms. The molecule has 16 heavy (non-hydrogen) atoms. The Morgan fingerprint density at radius 1 is 1.06 bits per heavy atom. The molecule has 0 saturated heterocycles. The van der Waals surface area contributed by atoms with Crippen molar-refractivity contribution in [3.05, 3.63) is 0 Å². The number of fused-ring (bicyclic) bond motifs is 1. The van der Waals surface area contributed by atoms with Crippen LogP contribution in [0.5, 0.6) is 0 Å². The highest BCUT2D eigenvalue weighted by molar-refractivity contribution is 5.25. The maximum absolute atomic E-state index is 3.76. The Balaban J connectivity index is 2.06. The average Bonchev–Trinajstić information content (AvgIpc) is 2.07. The zero-order chi connectivity index (χ0) is 11.9. The predicted molar refractivity (Wildman–Crippen MR) is 68.1 cm³/mol. The molecule has 0 aromatic carbocycles. The van der Waals surface area contributed by atoms with Crippen molar-refractivity contribution >= 4 is 0 Å². The lowest BCUT2D eigenvalue weighted by molar-refractivity contribution is 0.115. The largest absolute Gasteiger partial charge is 0.308 e. The van der Waals surface area contributed by atoms with Gasteiger partial charge in [0, 0.05) is 29.5 Å². The van der Waals surface area contributed by atoms with Crippen LogP contribution in [0.1, 0.15) is 33.6 Å². The van der Waals surface area contributed by atoms with E-state index >= 15 is 0 Å². The Bertz CT molecular complexity index is 316. The lowest BCUT2D eigenvalue weighted by atomic mass is 9.69. The van der Waals surface area contributed by atoms with Crippen LogP contribution in [0.4, 0.5) is 0 Å². The molecule has 2 aliphatic rings. The van der Waals surface area contributed by atoms with E-state index in [1.807, 2.05) is 0 Å².